The van der Waals surface area contributed by atoms with Gasteiger partial charge >= 0.3 is 0 Å². The maximum atomic E-state index is 12.7. The second-order valence-electron chi connectivity index (χ2n) is 7.15. The van der Waals surface area contributed by atoms with Crippen LogP contribution in [-0.4, -0.2) is 55.0 Å². The molecule has 2 aromatic rings. The van der Waals surface area contributed by atoms with Gasteiger partial charge in [-0.1, -0.05) is 12.8 Å². The van der Waals surface area contributed by atoms with Crippen molar-refractivity contribution in [2.45, 2.75) is 38.1 Å². The number of hydrogen-bond acceptors (Lipinski definition) is 4. The number of methoxy groups -OCH3 is 1. The Bertz CT molecular complexity index is 740. The smallest absolute Gasteiger partial charge is 0.227 e. The summed E-state index contributed by atoms with van der Waals surface area (Å²) in [5.74, 6) is 0.965. The number of benzene rings is 1. The van der Waals surface area contributed by atoms with Crippen LogP contribution in [0.15, 0.2) is 28.9 Å². The monoisotopic (exact) mass is 342 g/mol. The molecule has 0 N–H and O–H groups in total. The summed E-state index contributed by atoms with van der Waals surface area (Å²) in [6, 6.07) is 6.50. The van der Waals surface area contributed by atoms with Crippen LogP contribution in [0.4, 0.5) is 0 Å². The van der Waals surface area contributed by atoms with Crippen LogP contribution in [0.3, 0.4) is 0 Å². The van der Waals surface area contributed by atoms with Gasteiger partial charge in [0.25, 0.3) is 0 Å². The van der Waals surface area contributed by atoms with Gasteiger partial charge in [0.05, 0.1) is 19.8 Å². The summed E-state index contributed by atoms with van der Waals surface area (Å²) >= 11 is 0. The zero-order chi connectivity index (χ0) is 17.2. The van der Waals surface area contributed by atoms with Gasteiger partial charge in [0.15, 0.2) is 0 Å². The Morgan fingerprint density at radius 3 is 2.68 bits per heavy atom. The predicted octanol–water partition coefficient (Wildman–Crippen LogP) is 3.07. The van der Waals surface area contributed by atoms with Crippen molar-refractivity contribution in [3.8, 4) is 5.75 Å². The van der Waals surface area contributed by atoms with Crippen LogP contribution in [0.25, 0.3) is 11.0 Å². The van der Waals surface area contributed by atoms with Crippen LogP contribution in [0, 0.1) is 0 Å². The van der Waals surface area contributed by atoms with Crippen LogP contribution in [0.5, 0.6) is 5.75 Å². The molecule has 1 aromatic heterocycles. The molecule has 1 aromatic carbocycles. The number of amides is 1. The van der Waals surface area contributed by atoms with E-state index in [9.17, 15) is 4.79 Å². The van der Waals surface area contributed by atoms with Crippen molar-refractivity contribution in [3.63, 3.8) is 0 Å². The predicted molar refractivity (Wildman–Crippen MR) is 96.9 cm³/mol. The maximum absolute atomic E-state index is 12.7. The summed E-state index contributed by atoms with van der Waals surface area (Å²) in [4.78, 5) is 17.3. The van der Waals surface area contributed by atoms with Gasteiger partial charge in [0.2, 0.25) is 5.91 Å². The van der Waals surface area contributed by atoms with E-state index in [-0.39, 0.29) is 5.91 Å². The van der Waals surface area contributed by atoms with E-state index in [0.29, 0.717) is 6.42 Å². The van der Waals surface area contributed by atoms with E-state index in [2.05, 4.69) is 4.90 Å². The molecule has 0 unspecified atom stereocenters. The lowest BCUT2D eigenvalue weighted by Gasteiger charge is -2.38. The number of carbonyl (C=O) groups is 1. The summed E-state index contributed by atoms with van der Waals surface area (Å²) in [5, 5.41) is 0.999. The lowest BCUT2D eigenvalue weighted by molar-refractivity contribution is -0.132. The largest absolute Gasteiger partial charge is 0.497 e. The molecule has 2 fully saturated rings. The quantitative estimate of drug-likeness (QED) is 0.857. The minimum Gasteiger partial charge on any atom is -0.497 e. The molecule has 1 aliphatic carbocycles. The molecule has 0 bridgehead atoms. The van der Waals surface area contributed by atoms with Gasteiger partial charge in [-0.15, -0.1) is 0 Å². The maximum Gasteiger partial charge on any atom is 0.227 e. The lowest BCUT2D eigenvalue weighted by atomic mass is 10.1. The van der Waals surface area contributed by atoms with Crippen molar-refractivity contribution >= 4 is 16.9 Å². The van der Waals surface area contributed by atoms with Crippen LogP contribution in [-0.2, 0) is 11.2 Å². The molecule has 1 saturated heterocycles. The van der Waals surface area contributed by atoms with E-state index >= 15 is 0 Å². The molecule has 134 valence electrons. The Kier molecular flexibility index (Phi) is 4.66. The minimum atomic E-state index is 0.199. The molecule has 1 amide bonds. The second-order valence-corrected chi connectivity index (χ2v) is 7.15. The third-order valence-corrected chi connectivity index (χ3v) is 5.71. The zero-order valence-corrected chi connectivity index (χ0v) is 14.9. The van der Waals surface area contributed by atoms with Crippen molar-refractivity contribution in [1.29, 1.82) is 0 Å². The number of hydrogen-bond donors (Lipinski definition) is 0. The number of piperazine rings is 1. The highest BCUT2D eigenvalue weighted by atomic mass is 16.5. The number of carbonyl (C=O) groups excluding carboxylic acids is 1. The van der Waals surface area contributed by atoms with E-state index < -0.39 is 0 Å². The fourth-order valence-corrected chi connectivity index (χ4v) is 4.21. The van der Waals surface area contributed by atoms with Gasteiger partial charge in [-0.25, -0.2) is 0 Å². The molecule has 2 heterocycles. The van der Waals surface area contributed by atoms with E-state index in [1.165, 1.54) is 25.7 Å². The van der Waals surface area contributed by atoms with Crippen molar-refractivity contribution in [2.75, 3.05) is 33.3 Å². The number of ether oxygens (including phenoxy) is 1. The molecular weight excluding hydrogens is 316 g/mol. The number of fused-ring (bicyclic) bond motifs is 1. The topological polar surface area (TPSA) is 45.9 Å². The molecule has 2 aliphatic rings. The van der Waals surface area contributed by atoms with Gasteiger partial charge in [-0.2, -0.15) is 0 Å². The van der Waals surface area contributed by atoms with Crippen molar-refractivity contribution in [1.82, 2.24) is 9.80 Å². The molecule has 0 atom stereocenters. The van der Waals surface area contributed by atoms with E-state index in [1.807, 2.05) is 23.1 Å². The Labute approximate surface area is 148 Å². The van der Waals surface area contributed by atoms with Gasteiger partial charge < -0.3 is 14.1 Å². The van der Waals surface area contributed by atoms with Crippen molar-refractivity contribution < 1.29 is 13.9 Å². The summed E-state index contributed by atoms with van der Waals surface area (Å²) in [7, 11) is 1.64. The standard InChI is InChI=1S/C20H26N2O3/c1-24-17-6-7-18-15(14-25-19(18)13-17)12-20(23)22-10-8-21(9-11-22)16-4-2-3-5-16/h6-7,13-14,16H,2-5,8-12H2,1H3. The van der Waals surface area contributed by atoms with E-state index in [4.69, 9.17) is 9.15 Å². The fourth-order valence-electron chi connectivity index (χ4n) is 4.21. The van der Waals surface area contributed by atoms with E-state index in [1.54, 1.807) is 13.4 Å². The van der Waals surface area contributed by atoms with Gasteiger partial charge in [0, 0.05) is 49.2 Å². The van der Waals surface area contributed by atoms with Gasteiger partial charge in [-0.05, 0) is 25.0 Å². The first-order valence-electron chi connectivity index (χ1n) is 9.30. The molecule has 25 heavy (non-hydrogen) atoms. The number of rotatable bonds is 4. The normalized spacial score (nSPS) is 19.6. The van der Waals surface area contributed by atoms with Gasteiger partial charge in [0.1, 0.15) is 11.3 Å². The number of furan rings is 1. The summed E-state index contributed by atoms with van der Waals surface area (Å²) in [5.41, 5.74) is 1.73. The molecule has 1 aliphatic heterocycles. The third kappa shape index (κ3) is 3.38. The Balaban J connectivity index is 1.37. The Hall–Kier alpha value is -2.01. The SMILES string of the molecule is COc1ccc2c(CC(=O)N3CCN(C4CCCC4)CC3)coc2c1. The average molecular weight is 342 g/mol. The lowest BCUT2D eigenvalue weighted by Crippen LogP contribution is -2.51. The molecule has 1 saturated carbocycles. The minimum absolute atomic E-state index is 0.199. The highest BCUT2D eigenvalue weighted by Gasteiger charge is 2.28. The molecule has 5 nitrogen and oxygen atoms in total. The molecule has 5 heteroatoms. The van der Waals surface area contributed by atoms with Crippen molar-refractivity contribution in [3.05, 3.63) is 30.0 Å². The first-order chi connectivity index (χ1) is 12.2. The molecular formula is C20H26N2O3. The van der Waals surface area contributed by atoms with Crippen LogP contribution >= 0.6 is 0 Å². The highest BCUT2D eigenvalue weighted by molar-refractivity contribution is 5.88. The first kappa shape index (κ1) is 16.5. The van der Waals surface area contributed by atoms with Gasteiger partial charge in [-0.3, -0.25) is 9.69 Å². The molecule has 4 rings (SSSR count). The Morgan fingerprint density at radius 1 is 1.20 bits per heavy atom. The zero-order valence-electron chi connectivity index (χ0n) is 14.9. The van der Waals surface area contributed by atoms with Crippen LogP contribution in [0.2, 0.25) is 0 Å². The summed E-state index contributed by atoms with van der Waals surface area (Å²) < 4.78 is 10.8. The molecule has 0 spiro atoms. The summed E-state index contributed by atoms with van der Waals surface area (Å²) in [6.45, 7) is 3.72. The second kappa shape index (κ2) is 7.08. The average Bonchev–Trinajstić information content (AvgIpc) is 3.32. The third-order valence-electron chi connectivity index (χ3n) is 5.71. The number of nitrogens with zero attached hydrogens (tertiary/aromatic N) is 2. The van der Waals surface area contributed by atoms with E-state index in [0.717, 1.165) is 54.5 Å². The Morgan fingerprint density at radius 2 is 1.96 bits per heavy atom. The fraction of sp³-hybridized carbons (Fsp3) is 0.550. The molecule has 0 radical (unpaired) electrons. The van der Waals surface area contributed by atoms with Crippen LogP contribution < -0.4 is 4.74 Å². The first-order valence-corrected chi connectivity index (χ1v) is 9.30. The van der Waals surface area contributed by atoms with Crippen LogP contribution in [0.1, 0.15) is 31.2 Å². The summed E-state index contributed by atoms with van der Waals surface area (Å²) in [6.07, 6.45) is 7.50. The van der Waals surface area contributed by atoms with Crippen molar-refractivity contribution in [2.24, 2.45) is 0 Å². The highest BCUT2D eigenvalue weighted by Crippen LogP contribution is 2.27.